The Labute approximate surface area is 101 Å². The summed E-state index contributed by atoms with van der Waals surface area (Å²) < 4.78 is 25.4. The van der Waals surface area contributed by atoms with Gasteiger partial charge in [-0.15, -0.1) is 0 Å². The molecule has 0 aliphatic carbocycles. The Kier molecular flexibility index (Phi) is 4.40. The maximum atomic E-state index is 11.5. The first-order valence-corrected chi connectivity index (χ1v) is 6.86. The molecule has 1 atom stereocenters. The summed E-state index contributed by atoms with van der Waals surface area (Å²) in [7, 11) is -3.33. The minimum atomic E-state index is -3.33. The average Bonchev–Trinajstić information content (AvgIpc) is 2.27. The second-order valence-corrected chi connectivity index (χ2v) is 5.78. The van der Waals surface area contributed by atoms with Crippen molar-refractivity contribution in [1.29, 1.82) is 0 Å². The number of thiocarbonyl (C=S) groups is 1. The monoisotopic (exact) mass is 258 g/mol. The first-order valence-electron chi connectivity index (χ1n) is 4.80. The lowest BCUT2D eigenvalue weighted by Gasteiger charge is -2.17. The third kappa shape index (κ3) is 3.55. The molecule has 1 aromatic carbocycles. The molecule has 1 rings (SSSR count). The van der Waals surface area contributed by atoms with Gasteiger partial charge in [0.05, 0.1) is 16.8 Å². The molecular formula is C10H14N2O2S2. The van der Waals surface area contributed by atoms with Crippen LogP contribution in [0.15, 0.2) is 30.3 Å². The van der Waals surface area contributed by atoms with Gasteiger partial charge in [-0.3, -0.25) is 0 Å². The molecule has 1 unspecified atom stereocenters. The molecule has 16 heavy (non-hydrogen) atoms. The van der Waals surface area contributed by atoms with E-state index >= 15 is 0 Å². The molecule has 0 amide bonds. The molecule has 0 radical (unpaired) electrons. The van der Waals surface area contributed by atoms with Crippen molar-refractivity contribution in [2.24, 2.45) is 5.73 Å². The fourth-order valence-electron chi connectivity index (χ4n) is 1.20. The molecule has 0 saturated heterocycles. The van der Waals surface area contributed by atoms with Gasteiger partial charge in [0.25, 0.3) is 0 Å². The lowest BCUT2D eigenvalue weighted by molar-refractivity contribution is 0.579. The van der Waals surface area contributed by atoms with E-state index in [1.54, 1.807) is 31.2 Å². The third-order valence-electron chi connectivity index (χ3n) is 2.09. The zero-order valence-corrected chi connectivity index (χ0v) is 10.5. The minimum absolute atomic E-state index is 0.00104. The van der Waals surface area contributed by atoms with Crippen molar-refractivity contribution in [3.8, 4) is 0 Å². The van der Waals surface area contributed by atoms with Gasteiger partial charge in [0.15, 0.2) is 0 Å². The van der Waals surface area contributed by atoms with E-state index in [-0.39, 0.29) is 10.7 Å². The van der Waals surface area contributed by atoms with Gasteiger partial charge in [-0.1, -0.05) is 42.5 Å². The van der Waals surface area contributed by atoms with E-state index in [4.69, 9.17) is 18.0 Å². The molecule has 0 bridgehead atoms. The van der Waals surface area contributed by atoms with Gasteiger partial charge in [-0.2, -0.15) is 0 Å². The maximum absolute atomic E-state index is 11.5. The molecule has 88 valence electrons. The summed E-state index contributed by atoms with van der Waals surface area (Å²) in [5, 5.41) is 0. The first kappa shape index (κ1) is 13.1. The Morgan fingerprint density at radius 2 is 2.00 bits per heavy atom. The summed E-state index contributed by atoms with van der Waals surface area (Å²) in [5.74, 6) is -0.00104. The van der Waals surface area contributed by atoms with Gasteiger partial charge < -0.3 is 5.73 Å². The van der Waals surface area contributed by atoms with Crippen molar-refractivity contribution in [2.45, 2.75) is 13.0 Å². The second-order valence-electron chi connectivity index (χ2n) is 3.27. The molecule has 0 fully saturated rings. The van der Waals surface area contributed by atoms with Crippen molar-refractivity contribution in [3.63, 3.8) is 0 Å². The van der Waals surface area contributed by atoms with E-state index in [0.717, 1.165) is 5.56 Å². The lowest BCUT2D eigenvalue weighted by atomic mass is 10.1. The van der Waals surface area contributed by atoms with Crippen molar-refractivity contribution < 1.29 is 8.42 Å². The van der Waals surface area contributed by atoms with Crippen LogP contribution in [0.4, 0.5) is 0 Å². The van der Waals surface area contributed by atoms with Crippen molar-refractivity contribution >= 4 is 27.2 Å². The molecule has 0 aliphatic rings. The molecule has 0 aliphatic heterocycles. The smallest absolute Gasteiger partial charge is 0.212 e. The van der Waals surface area contributed by atoms with Gasteiger partial charge in [0.2, 0.25) is 10.0 Å². The summed E-state index contributed by atoms with van der Waals surface area (Å²) in [6, 6.07) is 8.38. The standard InChI is InChI=1S/C10H14N2O2S2/c1-2-16(13,14)12-9(10(11)15)8-6-4-3-5-7-8/h3-7,9,12H,2H2,1H3,(H2,11,15). The minimum Gasteiger partial charge on any atom is -0.392 e. The Morgan fingerprint density at radius 1 is 1.44 bits per heavy atom. The largest absolute Gasteiger partial charge is 0.392 e. The van der Waals surface area contributed by atoms with Gasteiger partial charge in [-0.05, 0) is 12.5 Å². The lowest BCUT2D eigenvalue weighted by Crippen LogP contribution is -2.37. The van der Waals surface area contributed by atoms with Gasteiger partial charge in [0, 0.05) is 0 Å². The van der Waals surface area contributed by atoms with Crippen LogP contribution in [-0.4, -0.2) is 19.2 Å². The summed E-state index contributed by atoms with van der Waals surface area (Å²) in [6.45, 7) is 1.56. The number of hydrogen-bond donors (Lipinski definition) is 2. The highest BCUT2D eigenvalue weighted by atomic mass is 32.2. The molecular weight excluding hydrogens is 244 g/mol. The van der Waals surface area contributed by atoms with Crippen LogP contribution in [-0.2, 0) is 10.0 Å². The number of rotatable bonds is 5. The SMILES string of the molecule is CCS(=O)(=O)NC(C(N)=S)c1ccccc1. The van der Waals surface area contributed by atoms with Crippen LogP contribution in [0.3, 0.4) is 0 Å². The van der Waals surface area contributed by atoms with E-state index in [1.807, 2.05) is 6.07 Å². The van der Waals surface area contributed by atoms with Gasteiger partial charge >= 0.3 is 0 Å². The fraction of sp³-hybridized carbons (Fsp3) is 0.300. The van der Waals surface area contributed by atoms with Crippen LogP contribution >= 0.6 is 12.2 Å². The maximum Gasteiger partial charge on any atom is 0.212 e. The highest BCUT2D eigenvalue weighted by molar-refractivity contribution is 7.89. The Hall–Kier alpha value is -0.980. The van der Waals surface area contributed by atoms with Crippen molar-refractivity contribution in [3.05, 3.63) is 35.9 Å². The molecule has 0 spiro atoms. The van der Waals surface area contributed by atoms with E-state index < -0.39 is 16.1 Å². The van der Waals surface area contributed by atoms with Crippen LogP contribution in [0.2, 0.25) is 0 Å². The number of nitrogens with one attached hydrogen (secondary N) is 1. The zero-order chi connectivity index (χ0) is 12.2. The highest BCUT2D eigenvalue weighted by Gasteiger charge is 2.19. The summed E-state index contributed by atoms with van der Waals surface area (Å²) in [4.78, 5) is 0.114. The number of benzene rings is 1. The van der Waals surface area contributed by atoms with E-state index in [0.29, 0.717) is 0 Å². The van der Waals surface area contributed by atoms with Crippen LogP contribution in [0.25, 0.3) is 0 Å². The van der Waals surface area contributed by atoms with E-state index in [2.05, 4.69) is 4.72 Å². The highest BCUT2D eigenvalue weighted by Crippen LogP contribution is 2.13. The van der Waals surface area contributed by atoms with Crippen LogP contribution in [0.1, 0.15) is 18.5 Å². The predicted octanol–water partition coefficient (Wildman–Crippen LogP) is 0.953. The Morgan fingerprint density at radius 3 is 2.44 bits per heavy atom. The summed E-state index contributed by atoms with van der Waals surface area (Å²) in [5.41, 5.74) is 6.28. The summed E-state index contributed by atoms with van der Waals surface area (Å²) >= 11 is 4.87. The molecule has 3 N–H and O–H groups in total. The second kappa shape index (κ2) is 5.38. The van der Waals surface area contributed by atoms with Crippen LogP contribution in [0, 0.1) is 0 Å². The van der Waals surface area contributed by atoms with E-state index in [1.165, 1.54) is 0 Å². The fourth-order valence-corrected chi connectivity index (χ4v) is 2.26. The number of nitrogens with two attached hydrogens (primary N) is 1. The molecule has 0 saturated carbocycles. The molecule has 0 heterocycles. The quantitative estimate of drug-likeness (QED) is 0.771. The van der Waals surface area contributed by atoms with Crippen molar-refractivity contribution in [1.82, 2.24) is 4.72 Å². The van der Waals surface area contributed by atoms with Crippen LogP contribution < -0.4 is 10.5 Å². The third-order valence-corrected chi connectivity index (χ3v) is 3.69. The first-order chi connectivity index (χ1) is 7.46. The number of sulfonamides is 1. The number of hydrogen-bond acceptors (Lipinski definition) is 3. The van der Waals surface area contributed by atoms with Gasteiger partial charge in [0.1, 0.15) is 0 Å². The Balaban J connectivity index is 2.99. The molecule has 0 aromatic heterocycles. The van der Waals surface area contributed by atoms with Crippen LogP contribution in [0.5, 0.6) is 0 Å². The molecule has 1 aromatic rings. The van der Waals surface area contributed by atoms with Gasteiger partial charge in [-0.25, -0.2) is 13.1 Å². The predicted molar refractivity (Wildman–Crippen MR) is 68.6 cm³/mol. The molecule has 4 nitrogen and oxygen atoms in total. The summed E-state index contributed by atoms with van der Waals surface area (Å²) in [6.07, 6.45) is 0. The average molecular weight is 258 g/mol. The van der Waals surface area contributed by atoms with E-state index in [9.17, 15) is 8.42 Å². The molecule has 6 heteroatoms. The zero-order valence-electron chi connectivity index (χ0n) is 8.88. The Bertz CT molecular complexity index is 457. The normalized spacial score (nSPS) is 13.3. The van der Waals surface area contributed by atoms with Crippen molar-refractivity contribution in [2.75, 3.05) is 5.75 Å². The topological polar surface area (TPSA) is 72.2 Å².